The third-order valence-electron chi connectivity index (χ3n) is 8.47. The van der Waals surface area contributed by atoms with Crippen LogP contribution in [0.4, 0.5) is 0 Å². The first-order chi connectivity index (χ1) is 21.8. The molecule has 0 fully saturated rings. The fourth-order valence-corrected chi connectivity index (χ4v) is 7.50. The van der Waals surface area contributed by atoms with Gasteiger partial charge in [-0.3, -0.25) is 4.98 Å². The van der Waals surface area contributed by atoms with E-state index in [1.807, 2.05) is 29.7 Å². The summed E-state index contributed by atoms with van der Waals surface area (Å²) in [6.45, 7) is 0. The van der Waals surface area contributed by atoms with Crippen molar-refractivity contribution in [2.24, 2.45) is 0 Å². The van der Waals surface area contributed by atoms with Crippen molar-refractivity contribution in [2.75, 3.05) is 0 Å². The molecule has 0 aliphatic carbocycles. The third-order valence-corrected chi connectivity index (χ3v) is 9.60. The SMILES string of the molecule is c1ccc(-c2cc(-c3ccc(-n4c5ccc(-c6ccccc6)nc5c5ccc6sc7ccccc7c6c54)cc3)ccn2)cc1. The predicted molar refractivity (Wildman–Crippen MR) is 186 cm³/mol. The number of pyridine rings is 2. The quantitative estimate of drug-likeness (QED) is 0.208. The molecule has 0 aliphatic heterocycles. The summed E-state index contributed by atoms with van der Waals surface area (Å²) >= 11 is 1.85. The Balaban J connectivity index is 1.27. The zero-order valence-electron chi connectivity index (χ0n) is 23.7. The summed E-state index contributed by atoms with van der Waals surface area (Å²) in [6.07, 6.45) is 1.90. The van der Waals surface area contributed by atoms with Crippen LogP contribution in [0, 0.1) is 0 Å². The summed E-state index contributed by atoms with van der Waals surface area (Å²) in [7, 11) is 0. The average Bonchev–Trinajstić information content (AvgIpc) is 3.64. The fraction of sp³-hybridized carbons (Fsp3) is 0. The lowest BCUT2D eigenvalue weighted by molar-refractivity contribution is 1.18. The molecular formula is C40H25N3S. The van der Waals surface area contributed by atoms with Crippen LogP contribution in [0.3, 0.4) is 0 Å². The molecule has 44 heavy (non-hydrogen) atoms. The van der Waals surface area contributed by atoms with E-state index in [0.29, 0.717) is 0 Å². The monoisotopic (exact) mass is 579 g/mol. The molecule has 9 rings (SSSR count). The molecule has 4 aromatic heterocycles. The van der Waals surface area contributed by atoms with Crippen LogP contribution in [0.1, 0.15) is 0 Å². The lowest BCUT2D eigenvalue weighted by Crippen LogP contribution is -1.95. The van der Waals surface area contributed by atoms with E-state index in [1.54, 1.807) is 0 Å². The number of fused-ring (bicyclic) bond motifs is 7. The van der Waals surface area contributed by atoms with Gasteiger partial charge in [-0.05, 0) is 65.7 Å². The highest BCUT2D eigenvalue weighted by Crippen LogP contribution is 2.43. The van der Waals surface area contributed by atoms with E-state index in [2.05, 4.69) is 143 Å². The van der Waals surface area contributed by atoms with Gasteiger partial charge in [0.05, 0.1) is 27.9 Å². The maximum atomic E-state index is 5.27. The predicted octanol–water partition coefficient (Wildman–Crippen LogP) is 10.9. The molecular weight excluding hydrogens is 555 g/mol. The molecule has 0 aliphatic rings. The van der Waals surface area contributed by atoms with E-state index < -0.39 is 0 Å². The Kier molecular flexibility index (Phi) is 5.68. The van der Waals surface area contributed by atoms with Gasteiger partial charge in [0, 0.05) is 48.6 Å². The Morgan fingerprint density at radius 3 is 2.02 bits per heavy atom. The highest BCUT2D eigenvalue weighted by Gasteiger charge is 2.19. The van der Waals surface area contributed by atoms with Crippen LogP contribution in [0.25, 0.3) is 81.4 Å². The molecule has 0 saturated carbocycles. The molecule has 0 spiro atoms. The normalized spacial score (nSPS) is 11.6. The first-order valence-electron chi connectivity index (χ1n) is 14.7. The number of aromatic nitrogens is 3. The van der Waals surface area contributed by atoms with Crippen LogP contribution >= 0.6 is 11.3 Å². The molecule has 9 aromatic rings. The largest absolute Gasteiger partial charge is 0.307 e. The fourth-order valence-electron chi connectivity index (χ4n) is 6.39. The average molecular weight is 580 g/mol. The van der Waals surface area contributed by atoms with Crippen molar-refractivity contribution in [3.8, 4) is 39.3 Å². The topological polar surface area (TPSA) is 30.7 Å². The van der Waals surface area contributed by atoms with Crippen molar-refractivity contribution in [1.29, 1.82) is 0 Å². The maximum absolute atomic E-state index is 5.27. The third kappa shape index (κ3) is 3.96. The second kappa shape index (κ2) is 10.0. The van der Waals surface area contributed by atoms with Gasteiger partial charge >= 0.3 is 0 Å². The van der Waals surface area contributed by atoms with Gasteiger partial charge in [-0.25, -0.2) is 4.98 Å². The van der Waals surface area contributed by atoms with E-state index >= 15 is 0 Å². The summed E-state index contributed by atoms with van der Waals surface area (Å²) in [4.78, 5) is 9.90. The summed E-state index contributed by atoms with van der Waals surface area (Å²) in [6, 6.07) is 51.5. The van der Waals surface area contributed by atoms with Gasteiger partial charge in [0.25, 0.3) is 0 Å². The number of nitrogens with zero attached hydrogens (tertiary/aromatic N) is 3. The van der Waals surface area contributed by atoms with Crippen molar-refractivity contribution in [3.05, 3.63) is 152 Å². The minimum absolute atomic E-state index is 0.974. The van der Waals surface area contributed by atoms with Gasteiger partial charge in [0.2, 0.25) is 0 Å². The molecule has 0 atom stereocenters. The maximum Gasteiger partial charge on any atom is 0.0971 e. The summed E-state index contributed by atoms with van der Waals surface area (Å²) in [5, 5.41) is 3.74. The molecule has 0 N–H and O–H groups in total. The molecule has 4 heterocycles. The molecule has 206 valence electrons. The lowest BCUT2D eigenvalue weighted by atomic mass is 10.0. The van der Waals surface area contributed by atoms with Crippen molar-refractivity contribution in [3.63, 3.8) is 0 Å². The highest BCUT2D eigenvalue weighted by molar-refractivity contribution is 7.26. The highest BCUT2D eigenvalue weighted by atomic mass is 32.1. The molecule has 0 bridgehead atoms. The summed E-state index contributed by atoms with van der Waals surface area (Å²) in [5.41, 5.74) is 10.9. The second-order valence-corrected chi connectivity index (χ2v) is 12.1. The Bertz CT molecular complexity index is 2470. The minimum Gasteiger partial charge on any atom is -0.307 e. The van der Waals surface area contributed by atoms with E-state index in [-0.39, 0.29) is 0 Å². The first-order valence-corrected chi connectivity index (χ1v) is 15.6. The number of thiophene rings is 1. The van der Waals surface area contributed by atoms with E-state index in [1.165, 1.54) is 31.1 Å². The van der Waals surface area contributed by atoms with Gasteiger partial charge in [0.1, 0.15) is 0 Å². The molecule has 0 saturated heterocycles. The zero-order chi connectivity index (χ0) is 29.0. The van der Waals surface area contributed by atoms with Crippen molar-refractivity contribution < 1.29 is 0 Å². The number of hydrogen-bond acceptors (Lipinski definition) is 3. The number of hydrogen-bond donors (Lipinski definition) is 0. The molecule has 3 nitrogen and oxygen atoms in total. The van der Waals surface area contributed by atoms with Crippen molar-refractivity contribution in [2.45, 2.75) is 0 Å². The van der Waals surface area contributed by atoms with Gasteiger partial charge in [-0.1, -0.05) is 91.0 Å². The zero-order valence-corrected chi connectivity index (χ0v) is 24.5. The molecule has 0 unspecified atom stereocenters. The first kappa shape index (κ1) is 25.0. The molecule has 4 heteroatoms. The minimum atomic E-state index is 0.974. The lowest BCUT2D eigenvalue weighted by Gasteiger charge is -2.11. The van der Waals surface area contributed by atoms with Crippen LogP contribution in [-0.4, -0.2) is 14.5 Å². The van der Waals surface area contributed by atoms with Crippen LogP contribution in [0.5, 0.6) is 0 Å². The van der Waals surface area contributed by atoms with Gasteiger partial charge in [0.15, 0.2) is 0 Å². The summed E-state index contributed by atoms with van der Waals surface area (Å²) in [5.74, 6) is 0. The second-order valence-electron chi connectivity index (χ2n) is 11.0. The number of benzene rings is 5. The molecule has 0 radical (unpaired) electrons. The van der Waals surface area contributed by atoms with Gasteiger partial charge < -0.3 is 4.57 Å². The standard InChI is InChI=1S/C40H25N3S/c1-3-9-27(10-4-1)33-20-21-35-39(42-33)32-19-22-37-38(31-13-7-8-14-36(31)44-37)40(32)43(35)30-17-15-26(16-18-30)29-23-24-41-34(25-29)28-11-5-2-6-12-28/h1-25H. The van der Waals surface area contributed by atoms with E-state index in [9.17, 15) is 0 Å². The van der Waals surface area contributed by atoms with Crippen LogP contribution in [0.2, 0.25) is 0 Å². The smallest absolute Gasteiger partial charge is 0.0971 e. The van der Waals surface area contributed by atoms with E-state index in [4.69, 9.17) is 4.98 Å². The Morgan fingerprint density at radius 1 is 0.500 bits per heavy atom. The molecule has 5 aromatic carbocycles. The van der Waals surface area contributed by atoms with Gasteiger partial charge in [-0.2, -0.15) is 0 Å². The van der Waals surface area contributed by atoms with Gasteiger partial charge in [-0.15, -0.1) is 11.3 Å². The van der Waals surface area contributed by atoms with E-state index in [0.717, 1.165) is 50.4 Å². The Hall–Kier alpha value is -5.58. The van der Waals surface area contributed by atoms with Crippen LogP contribution < -0.4 is 0 Å². The summed E-state index contributed by atoms with van der Waals surface area (Å²) < 4.78 is 4.99. The number of rotatable bonds is 4. The van der Waals surface area contributed by atoms with Crippen molar-refractivity contribution >= 4 is 53.4 Å². The van der Waals surface area contributed by atoms with Crippen LogP contribution in [0.15, 0.2) is 152 Å². The Labute approximate surface area is 258 Å². The van der Waals surface area contributed by atoms with Crippen molar-refractivity contribution in [1.82, 2.24) is 14.5 Å². The Morgan fingerprint density at radius 2 is 1.23 bits per heavy atom. The molecule has 0 amide bonds. The van der Waals surface area contributed by atoms with Crippen LogP contribution in [-0.2, 0) is 0 Å².